The summed E-state index contributed by atoms with van der Waals surface area (Å²) >= 11 is 0. The Labute approximate surface area is 196 Å². The number of benzene rings is 1. The minimum Gasteiger partial charge on any atom is -0.444 e. The van der Waals surface area contributed by atoms with E-state index in [1.54, 1.807) is 45.0 Å². The van der Waals surface area contributed by atoms with E-state index in [0.29, 0.717) is 5.69 Å². The lowest BCUT2D eigenvalue weighted by atomic mass is 9.85. The molecule has 0 spiro atoms. The molecule has 11 heteroatoms. The van der Waals surface area contributed by atoms with Crippen molar-refractivity contribution in [2.24, 2.45) is 16.8 Å². The molecule has 3 N–H and O–H groups in total. The topological polar surface area (TPSA) is 138 Å². The van der Waals surface area contributed by atoms with E-state index in [1.807, 2.05) is 18.2 Å². The van der Waals surface area contributed by atoms with Gasteiger partial charge in [0, 0.05) is 18.8 Å². The number of aliphatic imine (C=N–C) groups is 1. The van der Waals surface area contributed by atoms with Gasteiger partial charge in [-0.3, -0.25) is 19.8 Å². The lowest BCUT2D eigenvalue weighted by Crippen LogP contribution is -2.42. The summed E-state index contributed by atoms with van der Waals surface area (Å²) in [5.74, 6) is -1.70. The van der Waals surface area contributed by atoms with E-state index in [9.17, 15) is 19.2 Å². The van der Waals surface area contributed by atoms with E-state index in [4.69, 9.17) is 9.47 Å². The minimum atomic E-state index is -0.784. The average Bonchev–Trinajstić information content (AvgIpc) is 3.42. The van der Waals surface area contributed by atoms with Crippen molar-refractivity contribution in [3.05, 3.63) is 42.5 Å². The first kappa shape index (κ1) is 23.4. The van der Waals surface area contributed by atoms with Gasteiger partial charge in [0.05, 0.1) is 24.0 Å². The highest BCUT2D eigenvalue weighted by atomic mass is 16.6. The van der Waals surface area contributed by atoms with Crippen molar-refractivity contribution in [1.29, 1.82) is 0 Å². The Bertz CT molecular complexity index is 1020. The molecular weight excluding hydrogens is 442 g/mol. The fourth-order valence-corrected chi connectivity index (χ4v) is 4.15. The van der Waals surface area contributed by atoms with Gasteiger partial charge in [0.1, 0.15) is 5.60 Å². The molecule has 5 amide bonds. The maximum atomic E-state index is 12.7. The predicted molar refractivity (Wildman–Crippen MR) is 122 cm³/mol. The van der Waals surface area contributed by atoms with Gasteiger partial charge in [0.2, 0.25) is 17.8 Å². The number of alkyl carbamates (subject to hydrolysis) is 1. The molecule has 0 aromatic heterocycles. The molecule has 3 aliphatic heterocycles. The van der Waals surface area contributed by atoms with Crippen LogP contribution >= 0.6 is 0 Å². The first-order valence-corrected chi connectivity index (χ1v) is 11.0. The van der Waals surface area contributed by atoms with Crippen molar-refractivity contribution >= 4 is 35.6 Å². The number of carbonyl (C=O) groups excluding carboxylic acids is 4. The third kappa shape index (κ3) is 5.09. The first-order valence-electron chi connectivity index (χ1n) is 11.0. The summed E-state index contributed by atoms with van der Waals surface area (Å²) in [5.41, 5.74) is -0.146. The number of anilines is 1. The van der Waals surface area contributed by atoms with E-state index < -0.39 is 29.6 Å². The van der Waals surface area contributed by atoms with Crippen LogP contribution in [-0.4, -0.2) is 65.7 Å². The van der Waals surface area contributed by atoms with Gasteiger partial charge in [-0.2, -0.15) is 4.99 Å². The smallest absolute Gasteiger partial charge is 0.414 e. The first-order chi connectivity index (χ1) is 16.1. The molecule has 1 aromatic carbocycles. The lowest BCUT2D eigenvalue weighted by molar-refractivity contribution is -0.142. The van der Waals surface area contributed by atoms with Gasteiger partial charge in [-0.15, -0.1) is 0 Å². The van der Waals surface area contributed by atoms with Crippen molar-refractivity contribution in [2.75, 3.05) is 18.4 Å². The summed E-state index contributed by atoms with van der Waals surface area (Å²) in [4.78, 5) is 54.9. The second-order valence-electron chi connectivity index (χ2n) is 9.14. The fourth-order valence-electron chi connectivity index (χ4n) is 4.15. The molecule has 4 rings (SSSR count). The number of nitrogens with zero attached hydrogens (tertiary/aromatic N) is 2. The van der Waals surface area contributed by atoms with Crippen molar-refractivity contribution in [3.8, 4) is 0 Å². The van der Waals surface area contributed by atoms with E-state index >= 15 is 0 Å². The normalized spacial score (nSPS) is 25.4. The molecule has 11 nitrogen and oxygen atoms in total. The van der Waals surface area contributed by atoms with Gasteiger partial charge in [-0.1, -0.05) is 30.4 Å². The zero-order valence-electron chi connectivity index (χ0n) is 19.1. The van der Waals surface area contributed by atoms with Crippen LogP contribution in [0.25, 0.3) is 0 Å². The lowest BCUT2D eigenvalue weighted by Gasteiger charge is -2.20. The zero-order valence-corrected chi connectivity index (χ0v) is 19.1. The number of para-hydroxylation sites is 1. The van der Waals surface area contributed by atoms with Crippen LogP contribution in [-0.2, 0) is 19.1 Å². The number of amides is 5. The molecule has 2 saturated heterocycles. The molecular formula is C23H27N5O6. The third-order valence-corrected chi connectivity index (χ3v) is 5.48. The summed E-state index contributed by atoms with van der Waals surface area (Å²) < 4.78 is 10.8. The Morgan fingerprint density at radius 3 is 2.26 bits per heavy atom. The number of guanidine groups is 1. The Hall–Kier alpha value is -3.73. The maximum absolute atomic E-state index is 12.7. The maximum Gasteiger partial charge on any atom is 0.414 e. The SMILES string of the molecule is CC(C)(C)OC(=O)N/C(=N\C(=O)NCCN1C(=O)C2C3C=CC(O3)C2C1=O)Nc1ccccc1. The summed E-state index contributed by atoms with van der Waals surface area (Å²) in [6.45, 7) is 5.16. The molecule has 0 aliphatic carbocycles. The van der Waals surface area contributed by atoms with Crippen molar-refractivity contribution in [3.63, 3.8) is 0 Å². The molecule has 2 fully saturated rings. The van der Waals surface area contributed by atoms with Crippen LogP contribution < -0.4 is 16.0 Å². The summed E-state index contributed by atoms with van der Waals surface area (Å²) in [7, 11) is 0. The van der Waals surface area contributed by atoms with Crippen LogP contribution in [0.15, 0.2) is 47.5 Å². The Kier molecular flexibility index (Phi) is 6.38. The largest absolute Gasteiger partial charge is 0.444 e. The molecule has 180 valence electrons. The van der Waals surface area contributed by atoms with E-state index in [1.165, 1.54) is 0 Å². The number of nitrogens with one attached hydrogen (secondary N) is 3. The number of likely N-dealkylation sites (tertiary alicyclic amines) is 1. The molecule has 2 bridgehead atoms. The Morgan fingerprint density at radius 1 is 1.06 bits per heavy atom. The number of carbonyl (C=O) groups is 4. The summed E-state index contributed by atoms with van der Waals surface area (Å²) in [6, 6.07) is 8.08. The van der Waals surface area contributed by atoms with Crippen molar-refractivity contribution in [2.45, 2.75) is 38.6 Å². The van der Waals surface area contributed by atoms with Gasteiger partial charge in [0.15, 0.2) is 0 Å². The number of ether oxygens (including phenoxy) is 2. The zero-order chi connectivity index (χ0) is 24.5. The quantitative estimate of drug-likeness (QED) is 0.264. The molecule has 0 saturated carbocycles. The van der Waals surface area contributed by atoms with Crippen LogP contribution in [0.5, 0.6) is 0 Å². The number of fused-ring (bicyclic) bond motifs is 5. The fraction of sp³-hybridized carbons (Fsp3) is 0.435. The van der Waals surface area contributed by atoms with E-state index in [0.717, 1.165) is 4.90 Å². The molecule has 3 aliphatic rings. The molecule has 34 heavy (non-hydrogen) atoms. The van der Waals surface area contributed by atoms with E-state index in [-0.39, 0.29) is 43.1 Å². The monoisotopic (exact) mass is 469 g/mol. The average molecular weight is 469 g/mol. The number of hydrogen-bond acceptors (Lipinski definition) is 6. The number of hydrogen-bond donors (Lipinski definition) is 3. The van der Waals surface area contributed by atoms with Crippen LogP contribution in [0, 0.1) is 11.8 Å². The van der Waals surface area contributed by atoms with Crippen LogP contribution in [0.2, 0.25) is 0 Å². The number of imide groups is 1. The van der Waals surface area contributed by atoms with Gasteiger partial charge in [0.25, 0.3) is 0 Å². The van der Waals surface area contributed by atoms with Crippen molar-refractivity contribution < 1.29 is 28.7 Å². The molecule has 3 heterocycles. The van der Waals surface area contributed by atoms with Crippen LogP contribution in [0.4, 0.5) is 15.3 Å². The van der Waals surface area contributed by atoms with Crippen LogP contribution in [0.1, 0.15) is 20.8 Å². The highest BCUT2D eigenvalue weighted by molar-refractivity contribution is 6.07. The molecule has 4 atom stereocenters. The van der Waals surface area contributed by atoms with Gasteiger partial charge < -0.3 is 20.1 Å². The predicted octanol–water partition coefficient (Wildman–Crippen LogP) is 1.63. The standard InChI is InChI=1S/C23H27N5O6/c1-23(2,3)34-22(32)27-20(25-13-7-5-4-6-8-13)26-21(31)24-11-12-28-18(29)16-14-9-10-15(33-14)17(16)19(28)30/h4-10,14-17H,11-12H2,1-3H3,(H3,24,25,26,27,31,32). The van der Waals surface area contributed by atoms with Gasteiger partial charge in [-0.05, 0) is 32.9 Å². The second-order valence-corrected chi connectivity index (χ2v) is 9.14. The van der Waals surface area contributed by atoms with E-state index in [2.05, 4.69) is 20.9 Å². The Morgan fingerprint density at radius 2 is 1.68 bits per heavy atom. The van der Waals surface area contributed by atoms with Gasteiger partial charge in [-0.25, -0.2) is 9.59 Å². The highest BCUT2D eigenvalue weighted by Gasteiger charge is 2.60. The minimum absolute atomic E-state index is 0.00786. The Balaban J connectivity index is 1.35. The summed E-state index contributed by atoms with van der Waals surface area (Å²) in [6.07, 6.45) is 2.13. The summed E-state index contributed by atoms with van der Waals surface area (Å²) in [5, 5.41) is 7.81. The second kappa shape index (κ2) is 9.26. The number of rotatable bonds is 4. The number of urea groups is 1. The molecule has 1 aromatic rings. The third-order valence-electron chi connectivity index (χ3n) is 5.48. The van der Waals surface area contributed by atoms with Crippen LogP contribution in [0.3, 0.4) is 0 Å². The highest BCUT2D eigenvalue weighted by Crippen LogP contribution is 2.44. The molecule has 0 radical (unpaired) electrons. The van der Waals surface area contributed by atoms with Gasteiger partial charge >= 0.3 is 12.1 Å². The van der Waals surface area contributed by atoms with Crippen molar-refractivity contribution in [1.82, 2.24) is 15.5 Å². The molecule has 4 unspecified atom stereocenters.